The van der Waals surface area contributed by atoms with Gasteiger partial charge in [-0.25, -0.2) is 4.39 Å². The van der Waals surface area contributed by atoms with Crippen LogP contribution < -0.4 is 16.4 Å². The summed E-state index contributed by atoms with van der Waals surface area (Å²) < 4.78 is 13.5. The van der Waals surface area contributed by atoms with E-state index in [1.165, 1.54) is 6.07 Å². The maximum Gasteiger partial charge on any atom is 0.251 e. The van der Waals surface area contributed by atoms with E-state index in [9.17, 15) is 9.18 Å². The molecule has 110 valence electrons. The van der Waals surface area contributed by atoms with E-state index >= 15 is 0 Å². The highest BCUT2D eigenvalue weighted by molar-refractivity contribution is 5.96. The molecule has 2 aromatic rings. The molecule has 2 aromatic carbocycles. The summed E-state index contributed by atoms with van der Waals surface area (Å²) in [7, 11) is 1.57. The van der Waals surface area contributed by atoms with Crippen molar-refractivity contribution in [3.63, 3.8) is 0 Å². The van der Waals surface area contributed by atoms with Crippen molar-refractivity contribution in [1.82, 2.24) is 5.32 Å². The van der Waals surface area contributed by atoms with Crippen molar-refractivity contribution < 1.29 is 9.18 Å². The molecular weight excluding hydrogens is 269 g/mol. The standard InChI is InChI=1S/C16H18FN3O/c1-19-16(21)12-6-7-14(18)15(10-12)20-9-8-11-4-2-3-5-13(11)17/h2-7,10,20H,8-9,18H2,1H3,(H,19,21). The van der Waals surface area contributed by atoms with Gasteiger partial charge in [-0.05, 0) is 36.2 Å². The number of carbonyl (C=O) groups excluding carboxylic acids is 1. The monoisotopic (exact) mass is 287 g/mol. The minimum Gasteiger partial charge on any atom is -0.397 e. The molecule has 0 saturated heterocycles. The normalized spacial score (nSPS) is 10.2. The van der Waals surface area contributed by atoms with E-state index in [4.69, 9.17) is 5.73 Å². The van der Waals surface area contributed by atoms with E-state index in [1.807, 2.05) is 0 Å². The molecule has 0 aliphatic heterocycles. The zero-order valence-corrected chi connectivity index (χ0v) is 11.8. The highest BCUT2D eigenvalue weighted by atomic mass is 19.1. The topological polar surface area (TPSA) is 67.2 Å². The second-order valence-corrected chi connectivity index (χ2v) is 4.65. The van der Waals surface area contributed by atoms with Crippen molar-refractivity contribution >= 4 is 17.3 Å². The fraction of sp³-hybridized carbons (Fsp3) is 0.188. The smallest absolute Gasteiger partial charge is 0.251 e. The summed E-state index contributed by atoms with van der Waals surface area (Å²) in [5.74, 6) is -0.390. The fourth-order valence-corrected chi connectivity index (χ4v) is 2.03. The highest BCUT2D eigenvalue weighted by Crippen LogP contribution is 2.20. The van der Waals surface area contributed by atoms with E-state index < -0.39 is 0 Å². The van der Waals surface area contributed by atoms with Crippen LogP contribution in [-0.4, -0.2) is 19.5 Å². The van der Waals surface area contributed by atoms with Gasteiger partial charge in [0.15, 0.2) is 0 Å². The maximum absolute atomic E-state index is 13.5. The fourth-order valence-electron chi connectivity index (χ4n) is 2.03. The van der Waals surface area contributed by atoms with E-state index in [1.54, 1.807) is 43.4 Å². The lowest BCUT2D eigenvalue weighted by molar-refractivity contribution is 0.0963. The molecule has 0 aliphatic carbocycles. The molecule has 0 aromatic heterocycles. The molecule has 21 heavy (non-hydrogen) atoms. The van der Waals surface area contributed by atoms with Crippen LogP contribution in [0.3, 0.4) is 0 Å². The Bertz CT molecular complexity index is 643. The number of carbonyl (C=O) groups is 1. The summed E-state index contributed by atoms with van der Waals surface area (Å²) in [6.45, 7) is 0.530. The molecule has 2 rings (SSSR count). The number of amides is 1. The Balaban J connectivity index is 2.03. The number of nitrogens with two attached hydrogens (primary N) is 1. The summed E-state index contributed by atoms with van der Waals surface area (Å²) in [6, 6.07) is 11.7. The van der Waals surface area contributed by atoms with Gasteiger partial charge in [0.2, 0.25) is 0 Å². The average Bonchev–Trinajstić information content (AvgIpc) is 2.50. The summed E-state index contributed by atoms with van der Waals surface area (Å²) in [4.78, 5) is 11.6. The van der Waals surface area contributed by atoms with Crippen LogP contribution in [0.2, 0.25) is 0 Å². The van der Waals surface area contributed by atoms with Gasteiger partial charge in [-0.3, -0.25) is 4.79 Å². The van der Waals surface area contributed by atoms with E-state index in [0.717, 1.165) is 0 Å². The first-order chi connectivity index (χ1) is 10.1. The Morgan fingerprint density at radius 3 is 2.71 bits per heavy atom. The van der Waals surface area contributed by atoms with Crippen LogP contribution in [0.15, 0.2) is 42.5 Å². The van der Waals surface area contributed by atoms with Crippen LogP contribution in [0.1, 0.15) is 15.9 Å². The van der Waals surface area contributed by atoms with Gasteiger partial charge in [-0.2, -0.15) is 0 Å². The summed E-state index contributed by atoms with van der Waals surface area (Å²) in [5, 5.41) is 5.70. The number of benzene rings is 2. The largest absolute Gasteiger partial charge is 0.397 e. The molecule has 0 aliphatic rings. The molecule has 4 N–H and O–H groups in total. The van der Waals surface area contributed by atoms with Crippen LogP contribution >= 0.6 is 0 Å². The first-order valence-corrected chi connectivity index (χ1v) is 6.70. The van der Waals surface area contributed by atoms with Gasteiger partial charge >= 0.3 is 0 Å². The Morgan fingerprint density at radius 2 is 2.00 bits per heavy atom. The molecule has 0 fully saturated rings. The summed E-state index contributed by atoms with van der Waals surface area (Å²) >= 11 is 0. The van der Waals surface area contributed by atoms with Gasteiger partial charge in [0, 0.05) is 19.2 Å². The van der Waals surface area contributed by atoms with E-state index in [2.05, 4.69) is 10.6 Å². The molecule has 5 heteroatoms. The second-order valence-electron chi connectivity index (χ2n) is 4.65. The van der Waals surface area contributed by atoms with Gasteiger partial charge in [-0.15, -0.1) is 0 Å². The number of rotatable bonds is 5. The summed E-state index contributed by atoms with van der Waals surface area (Å²) in [6.07, 6.45) is 0.538. The van der Waals surface area contributed by atoms with Gasteiger partial charge in [-0.1, -0.05) is 18.2 Å². The van der Waals surface area contributed by atoms with E-state index in [-0.39, 0.29) is 11.7 Å². The highest BCUT2D eigenvalue weighted by Gasteiger charge is 2.07. The third kappa shape index (κ3) is 3.72. The number of hydrogen-bond acceptors (Lipinski definition) is 3. The quantitative estimate of drug-likeness (QED) is 0.740. The van der Waals surface area contributed by atoms with Crippen molar-refractivity contribution in [2.45, 2.75) is 6.42 Å². The molecule has 0 spiro atoms. The molecule has 0 saturated carbocycles. The first-order valence-electron chi connectivity index (χ1n) is 6.70. The van der Waals surface area contributed by atoms with E-state index in [0.29, 0.717) is 35.5 Å². The lowest BCUT2D eigenvalue weighted by Crippen LogP contribution is -2.18. The zero-order chi connectivity index (χ0) is 15.2. The van der Waals surface area contributed by atoms with Crippen LogP contribution in [0.25, 0.3) is 0 Å². The van der Waals surface area contributed by atoms with Crippen LogP contribution in [0.5, 0.6) is 0 Å². The minimum atomic E-state index is -0.216. The minimum absolute atomic E-state index is 0.174. The molecule has 0 radical (unpaired) electrons. The number of halogens is 1. The second kappa shape index (κ2) is 6.74. The van der Waals surface area contributed by atoms with Gasteiger partial charge in [0.1, 0.15) is 5.82 Å². The predicted octanol–water partition coefficient (Wildman–Crippen LogP) is 2.42. The Morgan fingerprint density at radius 1 is 1.24 bits per heavy atom. The van der Waals surface area contributed by atoms with Crippen molar-refractivity contribution in [3.8, 4) is 0 Å². The number of hydrogen-bond donors (Lipinski definition) is 3. The Hall–Kier alpha value is -2.56. The zero-order valence-electron chi connectivity index (χ0n) is 11.8. The molecule has 0 heterocycles. The van der Waals surface area contributed by atoms with Gasteiger partial charge in [0.05, 0.1) is 11.4 Å². The van der Waals surface area contributed by atoms with Crippen molar-refractivity contribution in [2.75, 3.05) is 24.6 Å². The van der Waals surface area contributed by atoms with Crippen LogP contribution in [-0.2, 0) is 6.42 Å². The van der Waals surface area contributed by atoms with Crippen LogP contribution in [0, 0.1) is 5.82 Å². The lowest BCUT2D eigenvalue weighted by atomic mass is 10.1. The number of nitrogen functional groups attached to an aromatic ring is 1. The SMILES string of the molecule is CNC(=O)c1ccc(N)c(NCCc2ccccc2F)c1. The molecule has 0 unspecified atom stereocenters. The third-order valence-corrected chi connectivity index (χ3v) is 3.21. The predicted molar refractivity (Wildman–Crippen MR) is 82.8 cm³/mol. The Labute approximate surface area is 123 Å². The first kappa shape index (κ1) is 14.8. The van der Waals surface area contributed by atoms with Gasteiger partial charge in [0.25, 0.3) is 5.91 Å². The Kier molecular flexibility index (Phi) is 4.77. The number of nitrogens with one attached hydrogen (secondary N) is 2. The molecule has 4 nitrogen and oxygen atoms in total. The molecular formula is C16H18FN3O. The lowest BCUT2D eigenvalue weighted by Gasteiger charge is -2.11. The van der Waals surface area contributed by atoms with Gasteiger partial charge < -0.3 is 16.4 Å². The number of anilines is 2. The summed E-state index contributed by atoms with van der Waals surface area (Å²) in [5.41, 5.74) is 8.27. The maximum atomic E-state index is 13.5. The molecule has 1 amide bonds. The average molecular weight is 287 g/mol. The molecule has 0 atom stereocenters. The van der Waals surface area contributed by atoms with Crippen molar-refractivity contribution in [2.24, 2.45) is 0 Å². The van der Waals surface area contributed by atoms with Crippen molar-refractivity contribution in [1.29, 1.82) is 0 Å². The van der Waals surface area contributed by atoms with Crippen molar-refractivity contribution in [3.05, 3.63) is 59.4 Å². The van der Waals surface area contributed by atoms with Crippen LogP contribution in [0.4, 0.5) is 15.8 Å². The molecule has 0 bridgehead atoms. The third-order valence-electron chi connectivity index (χ3n) is 3.21.